The van der Waals surface area contributed by atoms with Gasteiger partial charge in [-0.15, -0.1) is 10.2 Å². The molecule has 1 amide bonds. The van der Waals surface area contributed by atoms with Crippen LogP contribution >= 0.6 is 0 Å². The van der Waals surface area contributed by atoms with Crippen LogP contribution in [0.5, 0.6) is 0 Å². The molecule has 0 atom stereocenters. The second-order valence-corrected chi connectivity index (χ2v) is 4.46. The molecule has 0 bridgehead atoms. The summed E-state index contributed by atoms with van der Waals surface area (Å²) in [5.41, 5.74) is 3.62. The van der Waals surface area contributed by atoms with Crippen molar-refractivity contribution in [1.82, 2.24) is 25.9 Å². The van der Waals surface area contributed by atoms with Gasteiger partial charge in [0, 0.05) is 6.42 Å². The van der Waals surface area contributed by atoms with Crippen molar-refractivity contribution in [1.29, 1.82) is 0 Å². The molecule has 0 saturated carbocycles. The van der Waals surface area contributed by atoms with Crippen molar-refractivity contribution < 1.29 is 4.79 Å². The first-order chi connectivity index (χ1) is 9.31. The van der Waals surface area contributed by atoms with Crippen LogP contribution in [0, 0.1) is 0 Å². The van der Waals surface area contributed by atoms with Crippen molar-refractivity contribution in [2.75, 3.05) is 0 Å². The molecule has 0 unspecified atom stereocenters. The smallest absolute Gasteiger partial charge is 0.224 e. The van der Waals surface area contributed by atoms with Crippen LogP contribution in [-0.2, 0) is 17.8 Å². The molecule has 1 aliphatic rings. The number of fused-ring (bicyclic) bond motifs is 1. The van der Waals surface area contributed by atoms with E-state index in [1.54, 1.807) is 0 Å². The van der Waals surface area contributed by atoms with Gasteiger partial charge in [0.05, 0.1) is 6.54 Å². The average Bonchev–Trinajstić information content (AvgIpc) is 3.04. The number of rotatable bonds is 4. The second-order valence-electron chi connectivity index (χ2n) is 4.46. The van der Waals surface area contributed by atoms with E-state index in [1.807, 2.05) is 12.1 Å². The van der Waals surface area contributed by atoms with E-state index in [1.165, 1.54) is 11.1 Å². The Kier molecular flexibility index (Phi) is 3.06. The molecule has 0 radical (unpaired) electrons. The maximum Gasteiger partial charge on any atom is 0.224 e. The molecule has 0 aliphatic heterocycles. The fourth-order valence-corrected chi connectivity index (χ4v) is 2.17. The lowest BCUT2D eigenvalue weighted by Crippen LogP contribution is -2.23. The standard InChI is InChI=1S/C13H13N5O/c19-13(14-8-12-15-17-18-16-12)7-9-5-10-3-1-2-4-11(10)6-9/h1-5H,6-8H2,(H,14,19)(H,15,16,17,18). The zero-order valence-electron chi connectivity index (χ0n) is 10.3. The number of aromatic nitrogens is 4. The number of hydrogen-bond donors (Lipinski definition) is 2. The molecule has 1 aromatic carbocycles. The zero-order chi connectivity index (χ0) is 13.1. The number of nitrogens with one attached hydrogen (secondary N) is 2. The Bertz CT molecular complexity index is 618. The molecule has 2 N–H and O–H groups in total. The number of benzene rings is 1. The third kappa shape index (κ3) is 2.67. The number of nitrogens with zero attached hydrogens (tertiary/aromatic N) is 3. The Morgan fingerprint density at radius 3 is 3.05 bits per heavy atom. The molecular formula is C13H13N5O. The van der Waals surface area contributed by atoms with E-state index in [9.17, 15) is 4.79 Å². The highest BCUT2D eigenvalue weighted by Crippen LogP contribution is 2.26. The summed E-state index contributed by atoms with van der Waals surface area (Å²) in [5.74, 6) is 0.459. The van der Waals surface area contributed by atoms with Crippen molar-refractivity contribution in [3.63, 3.8) is 0 Å². The molecule has 96 valence electrons. The van der Waals surface area contributed by atoms with Gasteiger partial charge in [0.25, 0.3) is 0 Å². The Labute approximate surface area is 109 Å². The first-order valence-electron chi connectivity index (χ1n) is 6.07. The largest absolute Gasteiger partial charge is 0.348 e. The molecule has 0 saturated heterocycles. The predicted molar refractivity (Wildman–Crippen MR) is 68.8 cm³/mol. The van der Waals surface area contributed by atoms with Crippen molar-refractivity contribution >= 4 is 12.0 Å². The molecule has 0 fully saturated rings. The van der Waals surface area contributed by atoms with Gasteiger partial charge in [-0.2, -0.15) is 5.21 Å². The summed E-state index contributed by atoms with van der Waals surface area (Å²) in [5, 5.41) is 16.1. The topological polar surface area (TPSA) is 83.6 Å². The van der Waals surface area contributed by atoms with Gasteiger partial charge in [-0.25, -0.2) is 0 Å². The summed E-state index contributed by atoms with van der Waals surface area (Å²) >= 11 is 0. The van der Waals surface area contributed by atoms with Crippen molar-refractivity contribution in [3.05, 3.63) is 46.8 Å². The van der Waals surface area contributed by atoms with Crippen LogP contribution in [0.1, 0.15) is 23.4 Å². The zero-order valence-corrected chi connectivity index (χ0v) is 10.3. The van der Waals surface area contributed by atoms with Crippen molar-refractivity contribution in [2.45, 2.75) is 19.4 Å². The number of tetrazole rings is 1. The number of amides is 1. The maximum absolute atomic E-state index is 11.8. The second kappa shape index (κ2) is 5.01. The lowest BCUT2D eigenvalue weighted by atomic mass is 10.1. The van der Waals surface area contributed by atoms with Crippen molar-refractivity contribution in [2.24, 2.45) is 0 Å². The average molecular weight is 255 g/mol. The van der Waals surface area contributed by atoms with E-state index in [2.05, 4.69) is 44.1 Å². The van der Waals surface area contributed by atoms with Crippen LogP contribution in [0.3, 0.4) is 0 Å². The highest BCUT2D eigenvalue weighted by molar-refractivity contribution is 5.81. The maximum atomic E-state index is 11.8. The number of aromatic amines is 1. The van der Waals surface area contributed by atoms with Gasteiger partial charge in [-0.1, -0.05) is 41.1 Å². The Morgan fingerprint density at radius 2 is 2.26 bits per heavy atom. The van der Waals surface area contributed by atoms with Crippen LogP contribution < -0.4 is 5.32 Å². The molecule has 1 heterocycles. The highest BCUT2D eigenvalue weighted by atomic mass is 16.1. The van der Waals surface area contributed by atoms with Gasteiger partial charge >= 0.3 is 0 Å². The number of carbonyl (C=O) groups is 1. The summed E-state index contributed by atoms with van der Waals surface area (Å²) < 4.78 is 0. The van der Waals surface area contributed by atoms with E-state index in [4.69, 9.17) is 0 Å². The lowest BCUT2D eigenvalue weighted by Gasteiger charge is -2.03. The molecule has 1 aromatic heterocycles. The van der Waals surface area contributed by atoms with Gasteiger partial charge in [0.1, 0.15) is 0 Å². The molecule has 1 aliphatic carbocycles. The van der Waals surface area contributed by atoms with E-state index in [0.29, 0.717) is 18.8 Å². The van der Waals surface area contributed by atoms with Crippen LogP contribution in [0.4, 0.5) is 0 Å². The minimum Gasteiger partial charge on any atom is -0.348 e. The molecule has 6 heteroatoms. The normalized spacial score (nSPS) is 12.9. The number of H-pyrrole nitrogens is 1. The summed E-state index contributed by atoms with van der Waals surface area (Å²) in [6.07, 6.45) is 3.35. The Hall–Kier alpha value is -2.50. The Balaban J connectivity index is 1.54. The summed E-state index contributed by atoms with van der Waals surface area (Å²) in [6, 6.07) is 8.19. The lowest BCUT2D eigenvalue weighted by molar-refractivity contribution is -0.120. The summed E-state index contributed by atoms with van der Waals surface area (Å²) in [4.78, 5) is 11.8. The first kappa shape index (κ1) is 11.6. The summed E-state index contributed by atoms with van der Waals surface area (Å²) in [6.45, 7) is 0.301. The van der Waals surface area contributed by atoms with Gasteiger partial charge in [-0.3, -0.25) is 4.79 Å². The van der Waals surface area contributed by atoms with E-state index < -0.39 is 0 Å². The molecular weight excluding hydrogens is 242 g/mol. The van der Waals surface area contributed by atoms with Gasteiger partial charge in [0.2, 0.25) is 5.91 Å². The van der Waals surface area contributed by atoms with E-state index in [0.717, 1.165) is 12.0 Å². The van der Waals surface area contributed by atoms with Gasteiger partial charge in [0.15, 0.2) is 5.82 Å². The predicted octanol–water partition coefficient (Wildman–Crippen LogP) is 0.846. The fraction of sp³-hybridized carbons (Fsp3) is 0.231. The Morgan fingerprint density at radius 1 is 1.37 bits per heavy atom. The SMILES string of the molecule is O=C(CC1=Cc2ccccc2C1)NCc1nn[nH]n1. The minimum absolute atomic E-state index is 0.0242. The molecule has 2 aromatic rings. The third-order valence-corrected chi connectivity index (χ3v) is 3.05. The third-order valence-electron chi connectivity index (χ3n) is 3.05. The van der Waals surface area contributed by atoms with E-state index in [-0.39, 0.29) is 5.91 Å². The van der Waals surface area contributed by atoms with Crippen LogP contribution in [-0.4, -0.2) is 26.5 Å². The number of carbonyl (C=O) groups excluding carboxylic acids is 1. The van der Waals surface area contributed by atoms with Crippen molar-refractivity contribution in [3.8, 4) is 0 Å². The first-order valence-corrected chi connectivity index (χ1v) is 6.07. The highest BCUT2D eigenvalue weighted by Gasteiger charge is 2.14. The summed E-state index contributed by atoms with van der Waals surface area (Å²) in [7, 11) is 0. The molecule has 0 spiro atoms. The number of hydrogen-bond acceptors (Lipinski definition) is 4. The van der Waals surface area contributed by atoms with Gasteiger partial charge < -0.3 is 5.32 Å². The molecule has 3 rings (SSSR count). The molecule has 19 heavy (non-hydrogen) atoms. The van der Waals surface area contributed by atoms with Crippen LogP contribution in [0.25, 0.3) is 6.08 Å². The van der Waals surface area contributed by atoms with Crippen LogP contribution in [0.2, 0.25) is 0 Å². The fourth-order valence-electron chi connectivity index (χ4n) is 2.17. The van der Waals surface area contributed by atoms with Crippen LogP contribution in [0.15, 0.2) is 29.8 Å². The van der Waals surface area contributed by atoms with Gasteiger partial charge in [-0.05, 0) is 17.5 Å². The quantitative estimate of drug-likeness (QED) is 0.848. The van der Waals surface area contributed by atoms with E-state index >= 15 is 0 Å². The monoisotopic (exact) mass is 255 g/mol. The minimum atomic E-state index is -0.0242. The molecule has 6 nitrogen and oxygen atoms in total.